The van der Waals surface area contributed by atoms with Crippen LogP contribution in [0.3, 0.4) is 0 Å². The standard InChI is InChI=1S/C19H16F3N3O3S/c1-2-13-25-16(14-9-5-3-6-10-14)23-18(17(25)26,19(20,21)22)24-29(27,28)15-11-7-4-8-12-15/h2-12,24H,1,13H2/t18-/m0/s1. The molecule has 1 atom stereocenters. The topological polar surface area (TPSA) is 78.8 Å². The predicted molar refractivity (Wildman–Crippen MR) is 100 cm³/mol. The number of amidine groups is 1. The van der Waals surface area contributed by atoms with Gasteiger partial charge in [0.25, 0.3) is 5.91 Å². The van der Waals surface area contributed by atoms with Crippen LogP contribution in [0.2, 0.25) is 0 Å². The highest BCUT2D eigenvalue weighted by atomic mass is 32.2. The maximum absolute atomic E-state index is 14.1. The number of halogens is 3. The van der Waals surface area contributed by atoms with Gasteiger partial charge < -0.3 is 0 Å². The first-order chi connectivity index (χ1) is 13.6. The molecule has 1 N–H and O–H groups in total. The van der Waals surface area contributed by atoms with Crippen molar-refractivity contribution in [2.24, 2.45) is 4.99 Å². The third kappa shape index (κ3) is 3.68. The molecule has 2 aromatic rings. The molecule has 0 unspecified atom stereocenters. The lowest BCUT2D eigenvalue weighted by molar-refractivity contribution is -0.194. The Labute approximate surface area is 165 Å². The number of carbonyl (C=O) groups excluding carboxylic acids is 1. The molecule has 0 aromatic heterocycles. The van der Waals surface area contributed by atoms with Crippen LogP contribution >= 0.6 is 0 Å². The normalized spacial score (nSPS) is 19.9. The van der Waals surface area contributed by atoms with E-state index < -0.39 is 32.7 Å². The van der Waals surface area contributed by atoms with E-state index in [1.54, 1.807) is 18.2 Å². The number of aliphatic imine (C=N–C) groups is 1. The second-order valence-electron chi connectivity index (χ2n) is 6.13. The third-order valence-electron chi connectivity index (χ3n) is 4.17. The lowest BCUT2D eigenvalue weighted by Gasteiger charge is -2.28. The molecular weight excluding hydrogens is 407 g/mol. The number of nitrogens with zero attached hydrogens (tertiary/aromatic N) is 2. The molecule has 0 spiro atoms. The van der Waals surface area contributed by atoms with Crippen molar-refractivity contribution in [2.75, 3.05) is 6.54 Å². The minimum absolute atomic E-state index is 0.229. The van der Waals surface area contributed by atoms with Gasteiger partial charge in [-0.3, -0.25) is 9.69 Å². The molecular formula is C19H16F3N3O3S. The number of alkyl halides is 3. The quantitative estimate of drug-likeness (QED) is 0.726. The minimum Gasteiger partial charge on any atom is -0.289 e. The Morgan fingerprint density at radius 2 is 1.62 bits per heavy atom. The third-order valence-corrected chi connectivity index (χ3v) is 5.63. The van der Waals surface area contributed by atoms with Crippen molar-refractivity contribution in [1.82, 2.24) is 9.62 Å². The largest absolute Gasteiger partial charge is 0.437 e. The highest BCUT2D eigenvalue weighted by molar-refractivity contribution is 7.89. The molecule has 0 fully saturated rings. The monoisotopic (exact) mass is 423 g/mol. The summed E-state index contributed by atoms with van der Waals surface area (Å²) in [5.41, 5.74) is -3.46. The van der Waals surface area contributed by atoms with Crippen LogP contribution in [-0.4, -0.2) is 43.4 Å². The van der Waals surface area contributed by atoms with Crippen molar-refractivity contribution in [3.63, 3.8) is 0 Å². The van der Waals surface area contributed by atoms with Gasteiger partial charge >= 0.3 is 11.8 Å². The summed E-state index contributed by atoms with van der Waals surface area (Å²) in [6, 6.07) is 14.2. The minimum atomic E-state index is -5.33. The van der Waals surface area contributed by atoms with Crippen molar-refractivity contribution in [2.45, 2.75) is 16.7 Å². The van der Waals surface area contributed by atoms with Crippen LogP contribution in [-0.2, 0) is 14.8 Å². The smallest absolute Gasteiger partial charge is 0.289 e. The van der Waals surface area contributed by atoms with E-state index in [1.165, 1.54) is 41.1 Å². The van der Waals surface area contributed by atoms with Gasteiger partial charge in [-0.2, -0.15) is 17.9 Å². The molecule has 1 amide bonds. The second kappa shape index (κ2) is 7.45. The average Bonchev–Trinajstić information content (AvgIpc) is 2.96. The van der Waals surface area contributed by atoms with Gasteiger partial charge in [0.1, 0.15) is 5.84 Å². The first kappa shape index (κ1) is 20.7. The Kier molecular flexibility index (Phi) is 5.33. The van der Waals surface area contributed by atoms with Crippen LogP contribution < -0.4 is 4.72 Å². The Morgan fingerprint density at radius 3 is 2.14 bits per heavy atom. The van der Waals surface area contributed by atoms with E-state index in [9.17, 15) is 26.4 Å². The lowest BCUT2D eigenvalue weighted by atomic mass is 10.1. The van der Waals surface area contributed by atoms with Crippen molar-refractivity contribution in [3.05, 3.63) is 78.9 Å². The first-order valence-corrected chi connectivity index (χ1v) is 9.84. The Bertz CT molecular complexity index is 1050. The zero-order chi connectivity index (χ0) is 21.3. The van der Waals surface area contributed by atoms with Gasteiger partial charge in [0.2, 0.25) is 10.0 Å². The fourth-order valence-corrected chi connectivity index (χ4v) is 4.10. The molecule has 3 rings (SSSR count). The molecule has 152 valence electrons. The number of rotatable bonds is 6. The number of hydrogen-bond acceptors (Lipinski definition) is 4. The second-order valence-corrected chi connectivity index (χ2v) is 7.81. The van der Waals surface area contributed by atoms with Crippen molar-refractivity contribution in [1.29, 1.82) is 0 Å². The summed E-state index contributed by atoms with van der Waals surface area (Å²) in [5, 5.41) is 0. The van der Waals surface area contributed by atoms with Gasteiger partial charge in [0, 0.05) is 12.1 Å². The molecule has 1 heterocycles. The SMILES string of the molecule is C=CCN1C(=O)[C@](NS(=O)(=O)c2ccccc2)(C(F)(F)F)N=C1c1ccccc1. The van der Waals surface area contributed by atoms with Crippen LogP contribution in [0.1, 0.15) is 5.56 Å². The van der Waals surface area contributed by atoms with Crippen molar-refractivity contribution >= 4 is 21.8 Å². The summed E-state index contributed by atoms with van der Waals surface area (Å²) in [4.78, 5) is 16.8. The molecule has 0 aliphatic carbocycles. The number of hydrogen-bond donors (Lipinski definition) is 1. The van der Waals surface area contributed by atoms with Gasteiger partial charge in [0.05, 0.1) is 4.90 Å². The molecule has 29 heavy (non-hydrogen) atoms. The molecule has 0 saturated carbocycles. The fraction of sp³-hybridized carbons (Fsp3) is 0.158. The van der Waals surface area contributed by atoms with E-state index in [4.69, 9.17) is 0 Å². The number of nitrogens with one attached hydrogen (secondary N) is 1. The average molecular weight is 423 g/mol. The molecule has 0 saturated heterocycles. The van der Waals surface area contributed by atoms with E-state index in [1.807, 2.05) is 0 Å². The van der Waals surface area contributed by atoms with Gasteiger partial charge in [0.15, 0.2) is 0 Å². The summed E-state index contributed by atoms with van der Waals surface area (Å²) in [5.74, 6) is -1.85. The fourth-order valence-electron chi connectivity index (χ4n) is 2.83. The zero-order valence-electron chi connectivity index (χ0n) is 14.9. The maximum Gasteiger partial charge on any atom is 0.437 e. The number of amides is 1. The highest BCUT2D eigenvalue weighted by Gasteiger charge is 2.67. The van der Waals surface area contributed by atoms with Crippen LogP contribution in [0.15, 0.2) is 83.2 Å². The highest BCUT2D eigenvalue weighted by Crippen LogP contribution is 2.39. The van der Waals surface area contributed by atoms with Crippen LogP contribution in [0, 0.1) is 0 Å². The Hall–Kier alpha value is -2.98. The van der Waals surface area contributed by atoms with E-state index in [-0.39, 0.29) is 17.9 Å². The van der Waals surface area contributed by atoms with Gasteiger partial charge in [-0.1, -0.05) is 54.6 Å². The molecule has 1 aliphatic rings. The van der Waals surface area contributed by atoms with E-state index in [0.717, 1.165) is 17.0 Å². The van der Waals surface area contributed by atoms with E-state index >= 15 is 0 Å². The van der Waals surface area contributed by atoms with Crippen molar-refractivity contribution < 1.29 is 26.4 Å². The lowest BCUT2D eigenvalue weighted by Crippen LogP contribution is -2.63. The summed E-state index contributed by atoms with van der Waals surface area (Å²) < 4.78 is 69.1. The van der Waals surface area contributed by atoms with Crippen LogP contribution in [0.25, 0.3) is 0 Å². The van der Waals surface area contributed by atoms with Gasteiger partial charge in [-0.25, -0.2) is 13.4 Å². The van der Waals surface area contributed by atoms with E-state index in [2.05, 4.69) is 11.6 Å². The van der Waals surface area contributed by atoms with Crippen LogP contribution in [0.4, 0.5) is 13.2 Å². The number of benzene rings is 2. The molecule has 0 radical (unpaired) electrons. The summed E-state index contributed by atoms with van der Waals surface area (Å²) in [6.07, 6.45) is -4.10. The zero-order valence-corrected chi connectivity index (χ0v) is 15.7. The van der Waals surface area contributed by atoms with E-state index in [0.29, 0.717) is 0 Å². The molecule has 1 aliphatic heterocycles. The summed E-state index contributed by atoms with van der Waals surface area (Å²) >= 11 is 0. The summed E-state index contributed by atoms with van der Waals surface area (Å²) in [7, 11) is -4.71. The molecule has 6 nitrogen and oxygen atoms in total. The maximum atomic E-state index is 14.1. The molecule has 10 heteroatoms. The summed E-state index contributed by atoms with van der Waals surface area (Å²) in [6.45, 7) is 3.17. The Morgan fingerprint density at radius 1 is 1.07 bits per heavy atom. The predicted octanol–water partition coefficient (Wildman–Crippen LogP) is 2.70. The van der Waals surface area contributed by atoms with Crippen molar-refractivity contribution in [3.8, 4) is 0 Å². The first-order valence-electron chi connectivity index (χ1n) is 8.36. The molecule has 0 bridgehead atoms. The van der Waals surface area contributed by atoms with Gasteiger partial charge in [-0.05, 0) is 12.1 Å². The molecule has 2 aromatic carbocycles. The number of sulfonamides is 1. The number of carbonyl (C=O) groups is 1. The Balaban J connectivity index is 2.18. The van der Waals surface area contributed by atoms with Crippen LogP contribution in [0.5, 0.6) is 0 Å². The van der Waals surface area contributed by atoms with Gasteiger partial charge in [-0.15, -0.1) is 6.58 Å².